The van der Waals surface area contributed by atoms with Gasteiger partial charge in [0.05, 0.1) is 10.6 Å². The third-order valence-corrected chi connectivity index (χ3v) is 6.60. The van der Waals surface area contributed by atoms with Crippen LogP contribution in [-0.2, 0) is 16.6 Å². The topological polar surface area (TPSA) is 97.2 Å². The molecule has 0 saturated heterocycles. The number of nitrogens with zero attached hydrogens (tertiary/aromatic N) is 4. The Labute approximate surface area is 170 Å². The summed E-state index contributed by atoms with van der Waals surface area (Å²) in [6.07, 6.45) is 3.03. The Balaban J connectivity index is 1.62. The number of benzene rings is 2. The van der Waals surface area contributed by atoms with Crippen molar-refractivity contribution in [1.82, 2.24) is 24.4 Å². The molecule has 0 aliphatic rings. The maximum Gasteiger partial charge on any atom is 0.251 e. The van der Waals surface area contributed by atoms with E-state index < -0.39 is 10.0 Å². The molecule has 8 nitrogen and oxygen atoms in total. The minimum absolute atomic E-state index is 0.213. The highest BCUT2D eigenvalue weighted by Crippen LogP contribution is 2.16. The number of hydrogen-bond acceptors (Lipinski definition) is 5. The molecule has 1 aromatic heterocycles. The Kier molecular flexibility index (Phi) is 6.40. The van der Waals surface area contributed by atoms with Crippen molar-refractivity contribution in [3.8, 4) is 5.69 Å². The summed E-state index contributed by atoms with van der Waals surface area (Å²) in [5.74, 6) is -0.213. The monoisotopic (exact) mass is 413 g/mol. The van der Waals surface area contributed by atoms with Crippen LogP contribution in [0.3, 0.4) is 0 Å². The van der Waals surface area contributed by atoms with Crippen molar-refractivity contribution in [2.75, 3.05) is 13.1 Å². The Morgan fingerprint density at radius 2 is 1.69 bits per heavy atom. The highest BCUT2D eigenvalue weighted by atomic mass is 32.2. The maximum atomic E-state index is 12.5. The molecule has 0 aliphatic heterocycles. The molecule has 1 heterocycles. The molecule has 0 spiro atoms. The van der Waals surface area contributed by atoms with Crippen molar-refractivity contribution in [1.29, 1.82) is 0 Å². The number of aromatic nitrogens is 3. The molecule has 0 fully saturated rings. The third kappa shape index (κ3) is 4.69. The van der Waals surface area contributed by atoms with Crippen LogP contribution in [0.15, 0.2) is 66.1 Å². The van der Waals surface area contributed by atoms with Crippen molar-refractivity contribution in [3.63, 3.8) is 0 Å². The fourth-order valence-electron chi connectivity index (χ4n) is 2.88. The quantitative estimate of drug-likeness (QED) is 0.611. The molecule has 0 radical (unpaired) electrons. The van der Waals surface area contributed by atoms with Gasteiger partial charge in [-0.05, 0) is 42.0 Å². The second-order valence-corrected chi connectivity index (χ2v) is 8.24. The van der Waals surface area contributed by atoms with E-state index in [0.29, 0.717) is 25.2 Å². The molecule has 2 aromatic carbocycles. The van der Waals surface area contributed by atoms with E-state index in [9.17, 15) is 13.2 Å². The van der Waals surface area contributed by atoms with Gasteiger partial charge >= 0.3 is 0 Å². The lowest BCUT2D eigenvalue weighted by Crippen LogP contribution is -2.30. The summed E-state index contributed by atoms with van der Waals surface area (Å²) < 4.78 is 28.0. The summed E-state index contributed by atoms with van der Waals surface area (Å²) in [7, 11) is -3.48. The number of amides is 1. The molecule has 1 amide bonds. The lowest BCUT2D eigenvalue weighted by atomic mass is 10.2. The van der Waals surface area contributed by atoms with Crippen LogP contribution in [0, 0.1) is 0 Å². The Bertz CT molecular complexity index is 1040. The average Bonchev–Trinajstić information content (AvgIpc) is 3.28. The van der Waals surface area contributed by atoms with Gasteiger partial charge in [-0.15, -0.1) is 0 Å². The smallest absolute Gasteiger partial charge is 0.251 e. The summed E-state index contributed by atoms with van der Waals surface area (Å²) >= 11 is 0. The van der Waals surface area contributed by atoms with Crippen LogP contribution < -0.4 is 5.32 Å². The summed E-state index contributed by atoms with van der Waals surface area (Å²) in [5, 5.41) is 6.88. The zero-order valence-electron chi connectivity index (χ0n) is 16.3. The van der Waals surface area contributed by atoms with Gasteiger partial charge in [0, 0.05) is 25.2 Å². The van der Waals surface area contributed by atoms with Crippen LogP contribution in [0.4, 0.5) is 0 Å². The average molecular weight is 414 g/mol. The molecule has 0 bridgehead atoms. The van der Waals surface area contributed by atoms with Gasteiger partial charge in [-0.3, -0.25) is 4.79 Å². The first-order chi connectivity index (χ1) is 14.0. The molecule has 152 valence electrons. The lowest BCUT2D eigenvalue weighted by Gasteiger charge is -2.18. The van der Waals surface area contributed by atoms with Crippen LogP contribution in [0.1, 0.15) is 29.8 Å². The highest BCUT2D eigenvalue weighted by Gasteiger charge is 2.21. The van der Waals surface area contributed by atoms with Gasteiger partial charge in [-0.1, -0.05) is 26.0 Å². The number of rotatable bonds is 8. The Hall–Kier alpha value is -3.04. The molecule has 1 N–H and O–H groups in total. The molecule has 0 unspecified atom stereocenters. The molecule has 3 aromatic rings. The van der Waals surface area contributed by atoms with Crippen LogP contribution in [0.5, 0.6) is 0 Å². The zero-order valence-corrected chi connectivity index (χ0v) is 17.1. The first-order valence-electron chi connectivity index (χ1n) is 9.28. The number of carbonyl (C=O) groups excluding carboxylic acids is 1. The van der Waals surface area contributed by atoms with Crippen LogP contribution in [-0.4, -0.2) is 46.5 Å². The van der Waals surface area contributed by atoms with Crippen molar-refractivity contribution >= 4 is 15.9 Å². The Morgan fingerprint density at radius 1 is 1.03 bits per heavy atom. The summed E-state index contributed by atoms with van der Waals surface area (Å²) in [6, 6.07) is 13.6. The molecule has 0 atom stereocenters. The normalized spacial score (nSPS) is 11.6. The lowest BCUT2D eigenvalue weighted by molar-refractivity contribution is 0.0951. The largest absolute Gasteiger partial charge is 0.348 e. The van der Waals surface area contributed by atoms with Crippen molar-refractivity contribution in [2.24, 2.45) is 0 Å². The van der Waals surface area contributed by atoms with Gasteiger partial charge in [0.2, 0.25) is 10.0 Å². The van der Waals surface area contributed by atoms with Crippen molar-refractivity contribution in [3.05, 3.63) is 72.3 Å². The SMILES string of the molecule is CCN(CC)S(=O)(=O)c1ccc(CNC(=O)c2ccc(-n3cncn3)cc2)cc1. The van der Waals surface area contributed by atoms with E-state index in [1.165, 1.54) is 10.6 Å². The van der Waals surface area contributed by atoms with Gasteiger partial charge in [0.1, 0.15) is 12.7 Å². The fraction of sp³-hybridized carbons (Fsp3) is 0.250. The summed E-state index contributed by atoms with van der Waals surface area (Å²) in [5.41, 5.74) is 2.15. The maximum absolute atomic E-state index is 12.5. The van der Waals surface area contributed by atoms with E-state index in [-0.39, 0.29) is 10.8 Å². The molecule has 0 aliphatic carbocycles. The second-order valence-electron chi connectivity index (χ2n) is 6.30. The summed E-state index contributed by atoms with van der Waals surface area (Å²) in [4.78, 5) is 16.5. The Morgan fingerprint density at radius 3 is 2.24 bits per heavy atom. The van der Waals surface area contributed by atoms with Crippen LogP contribution in [0.25, 0.3) is 5.69 Å². The highest BCUT2D eigenvalue weighted by molar-refractivity contribution is 7.89. The van der Waals surface area contributed by atoms with E-state index in [2.05, 4.69) is 15.4 Å². The number of sulfonamides is 1. The molecular weight excluding hydrogens is 390 g/mol. The van der Waals surface area contributed by atoms with Crippen molar-refractivity contribution < 1.29 is 13.2 Å². The molecule has 0 saturated carbocycles. The van der Waals surface area contributed by atoms with E-state index in [1.54, 1.807) is 59.5 Å². The predicted octanol–water partition coefficient (Wildman–Crippen LogP) is 2.23. The first kappa shape index (κ1) is 20.7. The zero-order chi connectivity index (χ0) is 20.9. The first-order valence-corrected chi connectivity index (χ1v) is 10.7. The minimum atomic E-state index is -3.48. The van der Waals surface area contributed by atoms with Gasteiger partial charge in [-0.2, -0.15) is 9.40 Å². The van der Waals surface area contributed by atoms with Gasteiger partial charge < -0.3 is 5.32 Å². The van der Waals surface area contributed by atoms with E-state index >= 15 is 0 Å². The number of carbonyl (C=O) groups is 1. The molecule has 9 heteroatoms. The van der Waals surface area contributed by atoms with Gasteiger partial charge in [0.25, 0.3) is 5.91 Å². The number of nitrogens with one attached hydrogen (secondary N) is 1. The van der Waals surface area contributed by atoms with Gasteiger partial charge in [-0.25, -0.2) is 18.1 Å². The van der Waals surface area contributed by atoms with E-state index in [1.807, 2.05) is 13.8 Å². The second kappa shape index (κ2) is 8.97. The predicted molar refractivity (Wildman–Crippen MR) is 109 cm³/mol. The fourth-order valence-corrected chi connectivity index (χ4v) is 4.34. The van der Waals surface area contributed by atoms with Crippen molar-refractivity contribution in [2.45, 2.75) is 25.3 Å². The van der Waals surface area contributed by atoms with E-state index in [0.717, 1.165) is 11.3 Å². The van der Waals surface area contributed by atoms with Gasteiger partial charge in [0.15, 0.2) is 0 Å². The molecular formula is C20H23N5O3S. The minimum Gasteiger partial charge on any atom is -0.348 e. The summed E-state index contributed by atoms with van der Waals surface area (Å²) in [6.45, 7) is 4.76. The standard InChI is InChI=1S/C20H23N5O3S/c1-3-24(4-2)29(27,28)19-11-5-16(6-12-19)13-22-20(26)17-7-9-18(10-8-17)25-15-21-14-23-25/h5-12,14-15H,3-4,13H2,1-2H3,(H,22,26). The third-order valence-electron chi connectivity index (χ3n) is 4.53. The number of hydrogen-bond donors (Lipinski definition) is 1. The molecule has 3 rings (SSSR count). The molecule has 29 heavy (non-hydrogen) atoms. The van der Waals surface area contributed by atoms with Crippen LogP contribution >= 0.6 is 0 Å². The van der Waals surface area contributed by atoms with Crippen LogP contribution in [0.2, 0.25) is 0 Å². The van der Waals surface area contributed by atoms with E-state index in [4.69, 9.17) is 0 Å².